The topological polar surface area (TPSA) is 94.5 Å². The zero-order chi connectivity index (χ0) is 18.4. The fourth-order valence-corrected chi connectivity index (χ4v) is 2.45. The number of aromatic hydroxyl groups is 1. The molecule has 0 saturated carbocycles. The predicted molar refractivity (Wildman–Crippen MR) is 80.0 cm³/mol. The first kappa shape index (κ1) is 16.4. The lowest BCUT2D eigenvalue weighted by atomic mass is 9.99. The first-order chi connectivity index (χ1) is 11.7. The van der Waals surface area contributed by atoms with Crippen LogP contribution in [0.25, 0.3) is 22.1 Å². The molecule has 2 N–H and O–H groups in total. The first-order valence-corrected chi connectivity index (χ1v) is 6.82. The molecule has 2 aromatic carbocycles. The Morgan fingerprint density at radius 3 is 2.44 bits per heavy atom. The summed E-state index contributed by atoms with van der Waals surface area (Å²) >= 11 is 0. The molecule has 25 heavy (non-hydrogen) atoms. The van der Waals surface area contributed by atoms with Crippen molar-refractivity contribution in [3.63, 3.8) is 0 Å². The smallest absolute Gasteiger partial charge is 0.449 e. The number of carbonyl (C=O) groups is 1. The van der Waals surface area contributed by atoms with Gasteiger partial charge in [-0.3, -0.25) is 0 Å². The van der Waals surface area contributed by atoms with Crippen molar-refractivity contribution in [1.82, 2.24) is 0 Å². The standard InChI is InChI=1S/C17H8F3NO4/c18-17(19,20)14-6-10-3-8(7-21)4-12(15(10)25-14)9-1-2-11(16(23)24)13(22)5-9/h1-6,22H,(H,23,24). The predicted octanol–water partition coefficient (Wildman–Crippen LogP) is 4.39. The van der Waals surface area contributed by atoms with Crippen LogP contribution in [-0.2, 0) is 6.18 Å². The second-order valence-corrected chi connectivity index (χ2v) is 5.20. The van der Waals surface area contributed by atoms with Crippen molar-refractivity contribution in [2.75, 3.05) is 0 Å². The summed E-state index contributed by atoms with van der Waals surface area (Å²) in [6, 6.07) is 8.71. The summed E-state index contributed by atoms with van der Waals surface area (Å²) in [4.78, 5) is 10.9. The quantitative estimate of drug-likeness (QED) is 0.717. The summed E-state index contributed by atoms with van der Waals surface area (Å²) < 4.78 is 43.6. The minimum Gasteiger partial charge on any atom is -0.507 e. The van der Waals surface area contributed by atoms with Gasteiger partial charge in [-0.2, -0.15) is 18.4 Å². The summed E-state index contributed by atoms with van der Waals surface area (Å²) in [5, 5.41) is 27.9. The van der Waals surface area contributed by atoms with E-state index in [1.165, 1.54) is 18.2 Å². The van der Waals surface area contributed by atoms with Gasteiger partial charge in [0.15, 0.2) is 0 Å². The molecule has 126 valence electrons. The number of nitrogens with zero attached hydrogens (tertiary/aromatic N) is 1. The maximum atomic E-state index is 12.9. The molecule has 0 spiro atoms. The molecular weight excluding hydrogens is 339 g/mol. The van der Waals surface area contributed by atoms with E-state index in [9.17, 15) is 23.1 Å². The number of phenols is 1. The second-order valence-electron chi connectivity index (χ2n) is 5.20. The molecule has 0 fully saturated rings. The van der Waals surface area contributed by atoms with Crippen LogP contribution in [0.2, 0.25) is 0 Å². The van der Waals surface area contributed by atoms with Gasteiger partial charge in [0.05, 0.1) is 11.6 Å². The van der Waals surface area contributed by atoms with Gasteiger partial charge >= 0.3 is 12.1 Å². The van der Waals surface area contributed by atoms with Crippen LogP contribution in [0.15, 0.2) is 40.8 Å². The van der Waals surface area contributed by atoms with Gasteiger partial charge in [0.25, 0.3) is 0 Å². The number of halogens is 3. The van der Waals surface area contributed by atoms with Crippen LogP contribution < -0.4 is 0 Å². The number of furan rings is 1. The van der Waals surface area contributed by atoms with Crippen LogP contribution in [0.3, 0.4) is 0 Å². The summed E-state index contributed by atoms with van der Waals surface area (Å²) in [6.07, 6.45) is -4.70. The van der Waals surface area contributed by atoms with Crippen LogP contribution in [0, 0.1) is 11.3 Å². The molecule has 3 rings (SSSR count). The highest BCUT2D eigenvalue weighted by Crippen LogP contribution is 2.39. The van der Waals surface area contributed by atoms with Crippen LogP contribution in [0.4, 0.5) is 13.2 Å². The molecule has 1 heterocycles. The molecular formula is C17H8F3NO4. The van der Waals surface area contributed by atoms with Gasteiger partial charge in [0.1, 0.15) is 16.9 Å². The average molecular weight is 347 g/mol. The number of benzene rings is 2. The van der Waals surface area contributed by atoms with Crippen molar-refractivity contribution in [3.05, 3.63) is 53.3 Å². The van der Waals surface area contributed by atoms with E-state index in [1.54, 1.807) is 0 Å². The Hall–Kier alpha value is -3.47. The van der Waals surface area contributed by atoms with E-state index >= 15 is 0 Å². The maximum absolute atomic E-state index is 12.9. The molecule has 0 aliphatic rings. The van der Waals surface area contributed by atoms with Crippen LogP contribution in [0.1, 0.15) is 21.7 Å². The fourth-order valence-electron chi connectivity index (χ4n) is 2.45. The van der Waals surface area contributed by atoms with E-state index in [0.717, 1.165) is 18.2 Å². The summed E-state index contributed by atoms with van der Waals surface area (Å²) in [6.45, 7) is 0. The fraction of sp³-hybridized carbons (Fsp3) is 0.0588. The van der Waals surface area contributed by atoms with E-state index in [0.29, 0.717) is 0 Å². The number of fused-ring (bicyclic) bond motifs is 1. The van der Waals surface area contributed by atoms with Gasteiger partial charge in [-0.15, -0.1) is 0 Å². The lowest BCUT2D eigenvalue weighted by molar-refractivity contribution is -0.152. The Kier molecular flexibility index (Phi) is 3.64. The van der Waals surface area contributed by atoms with Gasteiger partial charge in [-0.05, 0) is 35.9 Å². The highest BCUT2D eigenvalue weighted by atomic mass is 19.4. The Morgan fingerprint density at radius 2 is 1.88 bits per heavy atom. The molecule has 1 aromatic heterocycles. The average Bonchev–Trinajstić information content (AvgIpc) is 2.97. The van der Waals surface area contributed by atoms with Gasteiger partial charge < -0.3 is 14.6 Å². The Morgan fingerprint density at radius 1 is 1.16 bits per heavy atom. The molecule has 0 bridgehead atoms. The molecule has 0 unspecified atom stereocenters. The van der Waals surface area contributed by atoms with Crippen LogP contribution >= 0.6 is 0 Å². The van der Waals surface area contributed by atoms with Crippen LogP contribution in [-0.4, -0.2) is 16.2 Å². The Labute approximate surface area is 138 Å². The van der Waals surface area contributed by atoms with Crippen molar-refractivity contribution in [3.8, 4) is 22.9 Å². The third-order valence-electron chi connectivity index (χ3n) is 3.56. The molecule has 0 radical (unpaired) electrons. The number of alkyl halides is 3. The summed E-state index contributed by atoms with van der Waals surface area (Å²) in [7, 11) is 0. The lowest BCUT2D eigenvalue weighted by Gasteiger charge is -2.07. The zero-order valence-electron chi connectivity index (χ0n) is 12.3. The minimum atomic E-state index is -4.70. The molecule has 3 aromatic rings. The largest absolute Gasteiger partial charge is 0.507 e. The molecule has 8 heteroatoms. The van der Waals surface area contributed by atoms with Gasteiger partial charge in [-0.25, -0.2) is 4.79 Å². The molecule has 0 saturated heterocycles. The third-order valence-corrected chi connectivity index (χ3v) is 3.56. The third kappa shape index (κ3) is 2.87. The highest BCUT2D eigenvalue weighted by molar-refractivity contribution is 5.96. The minimum absolute atomic E-state index is 0.0724. The molecule has 0 aliphatic heterocycles. The number of carboxylic acid groups (broad SMARTS) is 1. The molecule has 0 amide bonds. The number of hydrogen-bond acceptors (Lipinski definition) is 4. The zero-order valence-corrected chi connectivity index (χ0v) is 12.3. The first-order valence-electron chi connectivity index (χ1n) is 6.82. The molecule has 0 aliphatic carbocycles. The number of carboxylic acids is 1. The van der Waals surface area contributed by atoms with Crippen molar-refractivity contribution >= 4 is 16.9 Å². The maximum Gasteiger partial charge on any atom is 0.449 e. The number of hydrogen-bond donors (Lipinski definition) is 2. The van der Waals surface area contributed by atoms with E-state index in [2.05, 4.69) is 0 Å². The van der Waals surface area contributed by atoms with Gasteiger partial charge in [0, 0.05) is 10.9 Å². The van der Waals surface area contributed by atoms with E-state index < -0.39 is 23.7 Å². The van der Waals surface area contributed by atoms with Gasteiger partial charge in [-0.1, -0.05) is 6.07 Å². The van der Waals surface area contributed by atoms with E-state index in [-0.39, 0.29) is 33.2 Å². The SMILES string of the molecule is N#Cc1cc(-c2ccc(C(=O)O)c(O)c2)c2oc(C(F)(F)F)cc2c1. The Bertz CT molecular complexity index is 1040. The van der Waals surface area contributed by atoms with Gasteiger partial charge in [0.2, 0.25) is 5.76 Å². The molecule has 0 atom stereocenters. The normalized spacial score (nSPS) is 11.4. The Balaban J connectivity index is 2.28. The second kappa shape index (κ2) is 5.56. The molecule has 5 nitrogen and oxygen atoms in total. The van der Waals surface area contributed by atoms with Crippen molar-refractivity contribution in [2.24, 2.45) is 0 Å². The summed E-state index contributed by atoms with van der Waals surface area (Å²) in [5.74, 6) is -3.12. The number of nitriles is 1. The van der Waals surface area contributed by atoms with Crippen molar-refractivity contribution in [1.29, 1.82) is 5.26 Å². The van der Waals surface area contributed by atoms with Crippen molar-refractivity contribution < 1.29 is 32.6 Å². The highest BCUT2D eigenvalue weighted by Gasteiger charge is 2.35. The van der Waals surface area contributed by atoms with E-state index in [1.807, 2.05) is 6.07 Å². The van der Waals surface area contributed by atoms with Crippen molar-refractivity contribution in [2.45, 2.75) is 6.18 Å². The number of rotatable bonds is 2. The monoisotopic (exact) mass is 347 g/mol. The lowest BCUT2D eigenvalue weighted by Crippen LogP contribution is -2.01. The number of aromatic carboxylic acids is 1. The van der Waals surface area contributed by atoms with Crippen LogP contribution in [0.5, 0.6) is 5.75 Å². The van der Waals surface area contributed by atoms with E-state index in [4.69, 9.17) is 14.8 Å². The summed E-state index contributed by atoms with van der Waals surface area (Å²) in [5.41, 5.74) is -0.0241.